The molecule has 8 heteroatoms. The molecular weight excluding hydrogens is 524 g/mol. The number of nitrogens with one attached hydrogen (secondary N) is 2. The van der Waals surface area contributed by atoms with Gasteiger partial charge in [0.15, 0.2) is 0 Å². The van der Waals surface area contributed by atoms with Gasteiger partial charge in [-0.3, -0.25) is 14.4 Å². The molecule has 2 aromatic carbocycles. The second kappa shape index (κ2) is 17.6. The van der Waals surface area contributed by atoms with Crippen LogP contribution in [0.2, 0.25) is 0 Å². The average molecular weight is 567 g/mol. The number of carbonyl (C=O) groups is 3. The van der Waals surface area contributed by atoms with Crippen molar-refractivity contribution in [2.45, 2.75) is 63.3 Å². The van der Waals surface area contributed by atoms with E-state index in [0.717, 1.165) is 24.2 Å². The van der Waals surface area contributed by atoms with Gasteiger partial charge < -0.3 is 20.5 Å². The van der Waals surface area contributed by atoms with E-state index in [0.29, 0.717) is 25.0 Å². The fourth-order valence-electron chi connectivity index (χ4n) is 4.59. The third-order valence-electron chi connectivity index (χ3n) is 6.86. The molecule has 0 saturated heterocycles. The number of hydrogen-bond acceptors (Lipinski definition) is 6. The number of cyclic esters (lactones) is 1. The first-order valence-electron chi connectivity index (χ1n) is 14.1. The number of aliphatic hydroxyl groups excluding tert-OH is 1. The molecule has 1 heterocycles. The average Bonchev–Trinajstić information content (AvgIpc) is 2.96. The number of hydrogen-bond donors (Lipinski definition) is 3. The Hall–Kier alpha value is -3.10. The van der Waals surface area contributed by atoms with Gasteiger partial charge in [-0.2, -0.15) is 11.8 Å². The first-order chi connectivity index (χ1) is 19.4. The highest BCUT2D eigenvalue weighted by Crippen LogP contribution is 2.20. The maximum Gasteiger partial charge on any atom is 0.309 e. The van der Waals surface area contributed by atoms with Crippen molar-refractivity contribution in [1.29, 1.82) is 0 Å². The van der Waals surface area contributed by atoms with Crippen molar-refractivity contribution < 1.29 is 24.2 Å². The summed E-state index contributed by atoms with van der Waals surface area (Å²) in [4.78, 5) is 39.1. The fraction of sp³-hybridized carbons (Fsp3) is 0.469. The van der Waals surface area contributed by atoms with Gasteiger partial charge in [0.25, 0.3) is 0 Å². The predicted molar refractivity (Wildman–Crippen MR) is 160 cm³/mol. The summed E-state index contributed by atoms with van der Waals surface area (Å²) in [5.41, 5.74) is 2.28. The van der Waals surface area contributed by atoms with Gasteiger partial charge in [0, 0.05) is 24.0 Å². The van der Waals surface area contributed by atoms with Crippen LogP contribution in [0.25, 0.3) is 0 Å². The Morgan fingerprint density at radius 3 is 2.45 bits per heavy atom. The van der Waals surface area contributed by atoms with E-state index in [1.165, 1.54) is 5.56 Å². The third kappa shape index (κ3) is 11.6. The monoisotopic (exact) mass is 566 g/mol. The van der Waals surface area contributed by atoms with Gasteiger partial charge in [-0.15, -0.1) is 0 Å². The molecular formula is C32H42N2O5S. The summed E-state index contributed by atoms with van der Waals surface area (Å²) >= 11 is 1.66. The minimum absolute atomic E-state index is 0.0172. The van der Waals surface area contributed by atoms with Crippen LogP contribution in [0.1, 0.15) is 50.2 Å². The van der Waals surface area contributed by atoms with Crippen LogP contribution >= 0.6 is 11.8 Å². The molecule has 3 rings (SSSR count). The largest absolute Gasteiger partial charge is 0.463 e. The highest BCUT2D eigenvalue weighted by molar-refractivity contribution is 7.98. The zero-order valence-corrected chi connectivity index (χ0v) is 24.1. The first-order valence-corrected chi connectivity index (χ1v) is 15.3. The first kappa shape index (κ1) is 31.4. The lowest BCUT2D eigenvalue weighted by Crippen LogP contribution is -2.45. The van der Waals surface area contributed by atoms with Crippen LogP contribution in [0.5, 0.6) is 0 Å². The molecule has 216 valence electrons. The summed E-state index contributed by atoms with van der Waals surface area (Å²) in [5.74, 6) is -0.243. The number of rotatable bonds is 10. The Kier molecular flexibility index (Phi) is 13.8. The molecule has 7 nitrogen and oxygen atoms in total. The van der Waals surface area contributed by atoms with Crippen molar-refractivity contribution in [1.82, 2.24) is 10.6 Å². The Balaban J connectivity index is 1.72. The lowest BCUT2D eigenvalue weighted by Gasteiger charge is -2.24. The van der Waals surface area contributed by atoms with Crippen LogP contribution < -0.4 is 10.6 Å². The molecule has 0 fully saturated rings. The maximum absolute atomic E-state index is 13.4. The van der Waals surface area contributed by atoms with Crippen LogP contribution in [-0.4, -0.2) is 53.9 Å². The number of ether oxygens (including phenoxy) is 1. The molecule has 0 saturated carbocycles. The van der Waals surface area contributed by atoms with Crippen molar-refractivity contribution in [2.75, 3.05) is 19.0 Å². The summed E-state index contributed by atoms with van der Waals surface area (Å²) in [6, 6.07) is 19.3. The molecule has 0 radical (unpaired) electrons. The normalized spacial score (nSPS) is 21.5. The zero-order chi connectivity index (χ0) is 28.6. The van der Waals surface area contributed by atoms with Gasteiger partial charge >= 0.3 is 5.97 Å². The number of amides is 2. The van der Waals surface area contributed by atoms with Crippen molar-refractivity contribution in [3.05, 3.63) is 83.9 Å². The van der Waals surface area contributed by atoms with E-state index < -0.39 is 12.0 Å². The minimum Gasteiger partial charge on any atom is -0.463 e. The third-order valence-corrected chi connectivity index (χ3v) is 8.03. The highest BCUT2D eigenvalue weighted by atomic mass is 32.2. The Bertz CT molecular complexity index is 1080. The van der Waals surface area contributed by atoms with E-state index in [-0.39, 0.29) is 49.4 Å². The van der Waals surface area contributed by atoms with Crippen LogP contribution in [0.4, 0.5) is 0 Å². The van der Waals surface area contributed by atoms with Crippen LogP contribution in [-0.2, 0) is 31.3 Å². The number of aliphatic hydroxyl groups is 1. The summed E-state index contributed by atoms with van der Waals surface area (Å²) in [7, 11) is 0. The SMILES string of the molecule is C[C@@H](CO)NC(=O)C[C@H]1CC=CCCC[C@H](Cc2ccccc2)C(=O)OC[C@H](CSCc2ccccc2)NC1=O. The molecule has 0 unspecified atom stereocenters. The molecule has 1 aliphatic heterocycles. The molecule has 0 aromatic heterocycles. The van der Waals surface area contributed by atoms with Crippen molar-refractivity contribution in [2.24, 2.45) is 11.8 Å². The summed E-state index contributed by atoms with van der Waals surface area (Å²) in [6.45, 7) is 1.62. The molecule has 0 aliphatic carbocycles. The summed E-state index contributed by atoms with van der Waals surface area (Å²) < 4.78 is 5.83. The van der Waals surface area contributed by atoms with Gasteiger partial charge in [-0.1, -0.05) is 72.8 Å². The van der Waals surface area contributed by atoms with Crippen LogP contribution in [0.15, 0.2) is 72.8 Å². The van der Waals surface area contributed by atoms with Gasteiger partial charge in [0.1, 0.15) is 6.61 Å². The van der Waals surface area contributed by atoms with Gasteiger partial charge in [-0.25, -0.2) is 0 Å². The number of thioether (sulfide) groups is 1. The molecule has 0 spiro atoms. The zero-order valence-electron chi connectivity index (χ0n) is 23.3. The molecule has 1 aliphatic rings. The van der Waals surface area contributed by atoms with Crippen molar-refractivity contribution in [3.63, 3.8) is 0 Å². The van der Waals surface area contributed by atoms with E-state index in [2.05, 4.69) is 22.8 Å². The van der Waals surface area contributed by atoms with E-state index in [4.69, 9.17) is 4.74 Å². The lowest BCUT2D eigenvalue weighted by molar-refractivity contribution is -0.150. The molecule has 40 heavy (non-hydrogen) atoms. The number of allylic oxidation sites excluding steroid dienone is 2. The van der Waals surface area contributed by atoms with Gasteiger partial charge in [0.05, 0.1) is 24.5 Å². The number of carbonyl (C=O) groups excluding carboxylic acids is 3. The van der Waals surface area contributed by atoms with E-state index in [1.54, 1.807) is 18.7 Å². The summed E-state index contributed by atoms with van der Waals surface area (Å²) in [6.07, 6.45) is 7.37. The Morgan fingerprint density at radius 1 is 1.05 bits per heavy atom. The van der Waals surface area contributed by atoms with E-state index in [1.807, 2.05) is 60.7 Å². The molecule has 2 amide bonds. The quantitative estimate of drug-likeness (QED) is 0.290. The second-order valence-electron chi connectivity index (χ2n) is 10.4. The molecule has 0 bridgehead atoms. The Labute approximate surface area is 242 Å². The molecule has 2 aromatic rings. The minimum atomic E-state index is -0.562. The predicted octanol–water partition coefficient (Wildman–Crippen LogP) is 4.44. The number of esters is 1. The highest BCUT2D eigenvalue weighted by Gasteiger charge is 2.26. The van der Waals surface area contributed by atoms with Gasteiger partial charge in [0.2, 0.25) is 11.8 Å². The van der Waals surface area contributed by atoms with Crippen molar-refractivity contribution in [3.8, 4) is 0 Å². The topological polar surface area (TPSA) is 105 Å². The summed E-state index contributed by atoms with van der Waals surface area (Å²) in [5, 5.41) is 15.1. The number of benzene rings is 2. The molecule has 3 N–H and O–H groups in total. The standard InChI is InChI=1S/C32H42N2O5S/c1-24(20-35)33-30(36)19-27-16-10-2-3-11-17-28(18-25-12-6-4-7-13-25)32(38)39-21-29(34-31(27)37)23-40-22-26-14-8-5-9-15-26/h2,4-10,12-15,24,27-29,35H,3,11,16-23H2,1H3,(H,33,36)(H,34,37)/t24-,27+,28+,29+/m0/s1. The fourth-order valence-corrected chi connectivity index (χ4v) is 5.60. The second-order valence-corrected chi connectivity index (χ2v) is 11.4. The smallest absolute Gasteiger partial charge is 0.309 e. The van der Waals surface area contributed by atoms with Crippen molar-refractivity contribution >= 4 is 29.5 Å². The molecule has 4 atom stereocenters. The Morgan fingerprint density at radius 2 is 1.75 bits per heavy atom. The van der Waals surface area contributed by atoms with Crippen LogP contribution in [0, 0.1) is 11.8 Å². The van der Waals surface area contributed by atoms with E-state index in [9.17, 15) is 19.5 Å². The van der Waals surface area contributed by atoms with Crippen LogP contribution in [0.3, 0.4) is 0 Å². The lowest BCUT2D eigenvalue weighted by atomic mass is 9.93. The maximum atomic E-state index is 13.4. The van der Waals surface area contributed by atoms with Gasteiger partial charge in [-0.05, 0) is 50.2 Å². The van der Waals surface area contributed by atoms with E-state index >= 15 is 0 Å².